The van der Waals surface area contributed by atoms with Crippen molar-refractivity contribution in [1.29, 1.82) is 0 Å². The lowest BCUT2D eigenvalue weighted by atomic mass is 9.95. The van der Waals surface area contributed by atoms with Crippen LogP contribution in [0.1, 0.15) is 63.8 Å². The van der Waals surface area contributed by atoms with Crippen molar-refractivity contribution in [2.45, 2.75) is 78.6 Å². The predicted molar refractivity (Wildman–Crippen MR) is 133 cm³/mol. The molecule has 0 radical (unpaired) electrons. The van der Waals surface area contributed by atoms with Crippen LogP contribution in [0.15, 0.2) is 18.2 Å². The largest absolute Gasteiger partial charge is 0.468 e. The molecule has 4 amide bonds. The standard InChI is InChI=1S/C25H38N4O7/c1-14(2)29(23(33)18(12-19(26)30)28-24(34)36-25(5,6)7)21(22(32)27-13-20(31)35-8)17-10-9-15(3)11-16(17)4/h9-11,14,18,21H,12-13H2,1-8H3,(H2,26,30)(H,27,32)(H,28,34). The number of benzene rings is 1. The summed E-state index contributed by atoms with van der Waals surface area (Å²) in [6.45, 7) is 11.6. The highest BCUT2D eigenvalue weighted by molar-refractivity contribution is 5.95. The molecule has 36 heavy (non-hydrogen) atoms. The fraction of sp³-hybridized carbons (Fsp3) is 0.560. The van der Waals surface area contributed by atoms with Crippen LogP contribution in [0.5, 0.6) is 0 Å². The van der Waals surface area contributed by atoms with Gasteiger partial charge in [-0.15, -0.1) is 0 Å². The maximum atomic E-state index is 13.8. The van der Waals surface area contributed by atoms with E-state index in [1.807, 2.05) is 13.0 Å². The van der Waals surface area contributed by atoms with Gasteiger partial charge in [-0.3, -0.25) is 19.2 Å². The molecule has 0 spiro atoms. The molecule has 1 aromatic carbocycles. The van der Waals surface area contributed by atoms with E-state index in [-0.39, 0.29) is 0 Å². The van der Waals surface area contributed by atoms with E-state index >= 15 is 0 Å². The summed E-state index contributed by atoms with van der Waals surface area (Å²) in [5.41, 5.74) is 6.71. The molecule has 0 fully saturated rings. The summed E-state index contributed by atoms with van der Waals surface area (Å²) in [4.78, 5) is 64.3. The van der Waals surface area contributed by atoms with Crippen LogP contribution < -0.4 is 16.4 Å². The van der Waals surface area contributed by atoms with E-state index in [1.165, 1.54) is 12.0 Å². The molecule has 0 heterocycles. The van der Waals surface area contributed by atoms with E-state index in [1.54, 1.807) is 53.7 Å². The van der Waals surface area contributed by atoms with Gasteiger partial charge in [-0.1, -0.05) is 23.8 Å². The van der Waals surface area contributed by atoms with E-state index < -0.39 is 66.5 Å². The molecule has 0 saturated heterocycles. The highest BCUT2D eigenvalue weighted by atomic mass is 16.6. The lowest BCUT2D eigenvalue weighted by Crippen LogP contribution is -2.56. The van der Waals surface area contributed by atoms with Crippen LogP contribution in [-0.4, -0.2) is 66.0 Å². The lowest BCUT2D eigenvalue weighted by molar-refractivity contribution is -0.146. The van der Waals surface area contributed by atoms with E-state index in [0.717, 1.165) is 11.1 Å². The molecule has 200 valence electrons. The van der Waals surface area contributed by atoms with Crippen molar-refractivity contribution in [3.05, 3.63) is 34.9 Å². The molecule has 11 heteroatoms. The smallest absolute Gasteiger partial charge is 0.408 e. The Balaban J connectivity index is 3.53. The minimum absolute atomic E-state index is 0.405. The van der Waals surface area contributed by atoms with Gasteiger partial charge in [0.15, 0.2) is 0 Å². The van der Waals surface area contributed by atoms with E-state index in [2.05, 4.69) is 15.4 Å². The average molecular weight is 507 g/mol. The molecule has 0 bridgehead atoms. The van der Waals surface area contributed by atoms with Gasteiger partial charge in [-0.05, 0) is 59.6 Å². The van der Waals surface area contributed by atoms with Crippen LogP contribution in [0.25, 0.3) is 0 Å². The van der Waals surface area contributed by atoms with Gasteiger partial charge >= 0.3 is 12.1 Å². The minimum atomic E-state index is -1.39. The van der Waals surface area contributed by atoms with Crippen molar-refractivity contribution in [2.24, 2.45) is 5.73 Å². The van der Waals surface area contributed by atoms with E-state index in [9.17, 15) is 24.0 Å². The molecule has 1 aromatic rings. The van der Waals surface area contributed by atoms with Crippen LogP contribution in [0.2, 0.25) is 0 Å². The predicted octanol–water partition coefficient (Wildman–Crippen LogP) is 1.64. The van der Waals surface area contributed by atoms with Crippen LogP contribution in [0, 0.1) is 13.8 Å². The van der Waals surface area contributed by atoms with Crippen LogP contribution in [0.4, 0.5) is 4.79 Å². The van der Waals surface area contributed by atoms with Gasteiger partial charge in [-0.2, -0.15) is 0 Å². The number of primary amides is 1. The number of hydrogen-bond acceptors (Lipinski definition) is 7. The summed E-state index contributed by atoms with van der Waals surface area (Å²) in [6, 6.07) is 2.26. The van der Waals surface area contributed by atoms with Crippen molar-refractivity contribution in [1.82, 2.24) is 15.5 Å². The van der Waals surface area contributed by atoms with Crippen LogP contribution in [-0.2, 0) is 28.7 Å². The van der Waals surface area contributed by atoms with Gasteiger partial charge in [0, 0.05) is 6.04 Å². The summed E-state index contributed by atoms with van der Waals surface area (Å²) < 4.78 is 9.84. The van der Waals surface area contributed by atoms with E-state index in [4.69, 9.17) is 10.5 Å². The molecular formula is C25H38N4O7. The van der Waals surface area contributed by atoms with Crippen LogP contribution in [0.3, 0.4) is 0 Å². The van der Waals surface area contributed by atoms with Gasteiger partial charge in [0.05, 0.1) is 13.5 Å². The Labute approximate surface area is 212 Å². The number of nitrogens with two attached hydrogens (primary N) is 1. The highest BCUT2D eigenvalue weighted by Gasteiger charge is 2.39. The zero-order valence-electron chi connectivity index (χ0n) is 22.3. The summed E-state index contributed by atoms with van der Waals surface area (Å²) in [5, 5.41) is 4.91. The number of nitrogens with zero attached hydrogens (tertiary/aromatic N) is 1. The number of nitrogens with one attached hydrogen (secondary N) is 2. The fourth-order valence-electron chi connectivity index (χ4n) is 3.59. The fourth-order valence-corrected chi connectivity index (χ4v) is 3.59. The second-order valence-corrected chi connectivity index (χ2v) is 9.77. The number of alkyl carbamates (subject to hydrolysis) is 1. The topological polar surface area (TPSA) is 157 Å². The first-order chi connectivity index (χ1) is 16.6. The first-order valence-corrected chi connectivity index (χ1v) is 11.6. The third-order valence-corrected chi connectivity index (χ3v) is 5.09. The summed E-state index contributed by atoms with van der Waals surface area (Å²) in [5.74, 6) is -2.84. The van der Waals surface area contributed by atoms with Crippen LogP contribution >= 0.6 is 0 Å². The number of aryl methyl sites for hydroxylation is 2. The maximum Gasteiger partial charge on any atom is 0.408 e. The Kier molecular flexibility index (Phi) is 10.9. The Morgan fingerprint density at radius 2 is 1.69 bits per heavy atom. The summed E-state index contributed by atoms with van der Waals surface area (Å²) in [6.07, 6.45) is -1.42. The number of rotatable bonds is 10. The third-order valence-electron chi connectivity index (χ3n) is 5.09. The zero-order chi connectivity index (χ0) is 27.8. The molecule has 1 rings (SSSR count). The number of carbonyl (C=O) groups is 5. The number of ether oxygens (including phenoxy) is 2. The monoisotopic (exact) mass is 506 g/mol. The number of methoxy groups -OCH3 is 1. The maximum absolute atomic E-state index is 13.8. The molecule has 2 atom stereocenters. The van der Waals surface area contributed by atoms with Gasteiger partial charge in [-0.25, -0.2) is 4.79 Å². The molecule has 11 nitrogen and oxygen atoms in total. The van der Waals surface area contributed by atoms with Crippen molar-refractivity contribution in [2.75, 3.05) is 13.7 Å². The Morgan fingerprint density at radius 1 is 1.08 bits per heavy atom. The van der Waals surface area contributed by atoms with Gasteiger partial charge < -0.3 is 30.7 Å². The Hall–Kier alpha value is -3.63. The molecular weight excluding hydrogens is 468 g/mol. The van der Waals surface area contributed by atoms with E-state index in [0.29, 0.717) is 5.56 Å². The molecule has 2 unspecified atom stereocenters. The Morgan fingerprint density at radius 3 is 2.17 bits per heavy atom. The van der Waals surface area contributed by atoms with Crippen molar-refractivity contribution in [3.8, 4) is 0 Å². The molecule has 0 aliphatic heterocycles. The number of esters is 1. The highest BCUT2D eigenvalue weighted by Crippen LogP contribution is 2.28. The quantitative estimate of drug-likeness (QED) is 0.407. The minimum Gasteiger partial charge on any atom is -0.468 e. The SMILES string of the molecule is COC(=O)CNC(=O)C(c1ccc(C)cc1C)N(C(=O)C(CC(N)=O)NC(=O)OC(C)(C)C)C(C)C. The van der Waals surface area contributed by atoms with Gasteiger partial charge in [0.2, 0.25) is 17.7 Å². The number of carbonyl (C=O) groups excluding carboxylic acids is 5. The first-order valence-electron chi connectivity index (χ1n) is 11.6. The summed E-state index contributed by atoms with van der Waals surface area (Å²) in [7, 11) is 1.19. The third kappa shape index (κ3) is 9.20. The molecule has 0 saturated carbocycles. The Bertz CT molecular complexity index is 985. The van der Waals surface area contributed by atoms with Crippen molar-refractivity contribution < 1.29 is 33.4 Å². The molecule has 4 N–H and O–H groups in total. The first kappa shape index (κ1) is 30.4. The second kappa shape index (κ2) is 12.9. The molecule has 0 aliphatic rings. The van der Waals surface area contributed by atoms with Crippen molar-refractivity contribution >= 4 is 29.8 Å². The van der Waals surface area contributed by atoms with Crippen molar-refractivity contribution in [3.63, 3.8) is 0 Å². The lowest BCUT2D eigenvalue weighted by Gasteiger charge is -2.37. The molecule has 0 aliphatic carbocycles. The van der Waals surface area contributed by atoms with Gasteiger partial charge in [0.1, 0.15) is 24.2 Å². The normalized spacial score (nSPS) is 12.8. The summed E-state index contributed by atoms with van der Waals surface area (Å²) >= 11 is 0. The molecule has 0 aromatic heterocycles. The average Bonchev–Trinajstić information content (AvgIpc) is 2.73. The van der Waals surface area contributed by atoms with Gasteiger partial charge in [0.25, 0.3) is 0 Å². The number of amides is 4. The number of hydrogen-bond donors (Lipinski definition) is 3. The zero-order valence-corrected chi connectivity index (χ0v) is 22.3. The second-order valence-electron chi connectivity index (χ2n) is 9.77.